The summed E-state index contributed by atoms with van der Waals surface area (Å²) in [7, 11) is 0. The van der Waals surface area contributed by atoms with Crippen LogP contribution in [-0.2, 0) is 0 Å². The Bertz CT molecular complexity index is 640. The third kappa shape index (κ3) is 2.76. The summed E-state index contributed by atoms with van der Waals surface area (Å²) in [6.45, 7) is 0. The highest BCUT2D eigenvalue weighted by Gasteiger charge is 2.22. The Morgan fingerprint density at radius 2 is 2.30 bits per heavy atom. The van der Waals surface area contributed by atoms with Gasteiger partial charge in [-0.25, -0.2) is 4.98 Å². The quantitative estimate of drug-likeness (QED) is 0.788. The van der Waals surface area contributed by atoms with Crippen LogP contribution in [0.3, 0.4) is 0 Å². The molecular formula is C14H17N3O2S. The third-order valence-electron chi connectivity index (χ3n) is 3.65. The second-order valence-electron chi connectivity index (χ2n) is 5.23. The summed E-state index contributed by atoms with van der Waals surface area (Å²) in [4.78, 5) is 16.4. The number of rotatable bonds is 2. The van der Waals surface area contributed by atoms with E-state index in [2.05, 4.69) is 10.3 Å². The molecule has 0 spiro atoms. The normalized spacial score (nSPS) is 22.9. The first-order valence-corrected chi connectivity index (χ1v) is 7.58. The number of nitrogens with one attached hydrogen (secondary N) is 1. The van der Waals surface area contributed by atoms with Gasteiger partial charge in [0.1, 0.15) is 0 Å². The van der Waals surface area contributed by atoms with Crippen molar-refractivity contribution in [2.24, 2.45) is 0 Å². The Labute approximate surface area is 120 Å². The van der Waals surface area contributed by atoms with Crippen LogP contribution in [0.4, 0.5) is 5.13 Å². The molecule has 2 aromatic rings. The molecule has 0 aliphatic heterocycles. The van der Waals surface area contributed by atoms with Crippen LogP contribution >= 0.6 is 11.3 Å². The summed E-state index contributed by atoms with van der Waals surface area (Å²) in [6, 6.07) is 5.45. The predicted octanol–water partition coefficient (Wildman–Crippen LogP) is 1.91. The van der Waals surface area contributed by atoms with E-state index in [1.165, 1.54) is 11.3 Å². The van der Waals surface area contributed by atoms with E-state index in [1.807, 2.05) is 12.1 Å². The van der Waals surface area contributed by atoms with Crippen molar-refractivity contribution in [3.05, 3.63) is 23.8 Å². The van der Waals surface area contributed by atoms with Crippen LogP contribution in [0.25, 0.3) is 10.2 Å². The minimum Gasteiger partial charge on any atom is -0.393 e. The van der Waals surface area contributed by atoms with Crippen LogP contribution in [0.1, 0.15) is 36.0 Å². The zero-order valence-electron chi connectivity index (χ0n) is 11.0. The number of amides is 1. The Balaban J connectivity index is 1.74. The SMILES string of the molecule is Nc1nc2ccc(C(=O)NC3CCCC(O)C3)cc2s1. The maximum atomic E-state index is 12.2. The van der Waals surface area contributed by atoms with Gasteiger partial charge in [-0.15, -0.1) is 0 Å². The zero-order valence-corrected chi connectivity index (χ0v) is 11.8. The van der Waals surface area contributed by atoms with Crippen LogP contribution in [-0.4, -0.2) is 28.1 Å². The van der Waals surface area contributed by atoms with Gasteiger partial charge in [-0.3, -0.25) is 4.79 Å². The Morgan fingerprint density at radius 1 is 1.45 bits per heavy atom. The van der Waals surface area contributed by atoms with Crippen molar-refractivity contribution in [2.45, 2.75) is 37.8 Å². The molecule has 1 amide bonds. The molecule has 1 aromatic heterocycles. The number of nitrogens with two attached hydrogens (primary N) is 1. The number of anilines is 1. The lowest BCUT2D eigenvalue weighted by molar-refractivity contribution is 0.0850. The summed E-state index contributed by atoms with van der Waals surface area (Å²) in [5, 5.41) is 13.1. The van der Waals surface area contributed by atoms with Gasteiger partial charge >= 0.3 is 0 Å². The van der Waals surface area contributed by atoms with Gasteiger partial charge in [0.15, 0.2) is 5.13 Å². The second kappa shape index (κ2) is 5.38. The highest BCUT2D eigenvalue weighted by atomic mass is 32.1. The number of nitrogens with zero attached hydrogens (tertiary/aromatic N) is 1. The predicted molar refractivity (Wildman–Crippen MR) is 79.8 cm³/mol. The van der Waals surface area contributed by atoms with E-state index in [1.54, 1.807) is 6.07 Å². The molecule has 6 heteroatoms. The third-order valence-corrected chi connectivity index (χ3v) is 4.50. The van der Waals surface area contributed by atoms with Crippen molar-refractivity contribution in [3.8, 4) is 0 Å². The van der Waals surface area contributed by atoms with Crippen molar-refractivity contribution < 1.29 is 9.90 Å². The molecule has 0 saturated heterocycles. The lowest BCUT2D eigenvalue weighted by atomic mass is 9.93. The summed E-state index contributed by atoms with van der Waals surface area (Å²) in [6.07, 6.45) is 3.06. The van der Waals surface area contributed by atoms with Gasteiger partial charge in [-0.1, -0.05) is 11.3 Å². The van der Waals surface area contributed by atoms with Crippen molar-refractivity contribution >= 4 is 32.6 Å². The number of aliphatic hydroxyl groups excluding tert-OH is 1. The Hall–Kier alpha value is -1.66. The van der Waals surface area contributed by atoms with Gasteiger partial charge in [0.2, 0.25) is 0 Å². The Kier molecular flexibility index (Phi) is 3.58. The minimum absolute atomic E-state index is 0.0634. The van der Waals surface area contributed by atoms with Crippen LogP contribution in [0.15, 0.2) is 18.2 Å². The molecule has 2 unspecified atom stereocenters. The second-order valence-corrected chi connectivity index (χ2v) is 6.29. The highest BCUT2D eigenvalue weighted by Crippen LogP contribution is 2.25. The highest BCUT2D eigenvalue weighted by molar-refractivity contribution is 7.22. The maximum Gasteiger partial charge on any atom is 0.251 e. The topological polar surface area (TPSA) is 88.2 Å². The van der Waals surface area contributed by atoms with Crippen molar-refractivity contribution in [3.63, 3.8) is 0 Å². The molecule has 1 saturated carbocycles. The molecule has 1 aromatic carbocycles. The smallest absolute Gasteiger partial charge is 0.251 e. The van der Waals surface area contributed by atoms with Crippen molar-refractivity contribution in [2.75, 3.05) is 5.73 Å². The van der Waals surface area contributed by atoms with E-state index < -0.39 is 0 Å². The molecular weight excluding hydrogens is 274 g/mol. The monoisotopic (exact) mass is 291 g/mol. The van der Waals surface area contributed by atoms with E-state index in [4.69, 9.17) is 5.73 Å². The minimum atomic E-state index is -0.294. The molecule has 20 heavy (non-hydrogen) atoms. The zero-order chi connectivity index (χ0) is 14.1. The molecule has 3 rings (SSSR count). The van der Waals surface area contributed by atoms with Crippen LogP contribution in [0.5, 0.6) is 0 Å². The van der Waals surface area contributed by atoms with Gasteiger partial charge in [-0.05, 0) is 43.9 Å². The summed E-state index contributed by atoms with van der Waals surface area (Å²) in [5.74, 6) is -0.0991. The van der Waals surface area contributed by atoms with Crippen molar-refractivity contribution in [1.82, 2.24) is 10.3 Å². The average molecular weight is 291 g/mol. The fourth-order valence-electron chi connectivity index (χ4n) is 2.65. The molecule has 0 bridgehead atoms. The maximum absolute atomic E-state index is 12.2. The first-order chi connectivity index (χ1) is 9.61. The average Bonchev–Trinajstić information content (AvgIpc) is 2.77. The lowest BCUT2D eigenvalue weighted by Crippen LogP contribution is -2.39. The van der Waals surface area contributed by atoms with Gasteiger partial charge in [0.05, 0.1) is 16.3 Å². The number of nitrogen functional groups attached to an aromatic ring is 1. The first-order valence-electron chi connectivity index (χ1n) is 6.77. The summed E-state index contributed by atoms with van der Waals surface area (Å²) >= 11 is 1.38. The molecule has 106 valence electrons. The van der Waals surface area contributed by atoms with Gasteiger partial charge in [-0.2, -0.15) is 0 Å². The van der Waals surface area contributed by atoms with Crippen LogP contribution < -0.4 is 11.1 Å². The summed E-state index contributed by atoms with van der Waals surface area (Å²) in [5.41, 5.74) is 7.09. The van der Waals surface area contributed by atoms with E-state index in [0.29, 0.717) is 17.1 Å². The van der Waals surface area contributed by atoms with E-state index >= 15 is 0 Å². The fourth-order valence-corrected chi connectivity index (χ4v) is 3.42. The van der Waals surface area contributed by atoms with Crippen molar-refractivity contribution in [1.29, 1.82) is 0 Å². The Morgan fingerprint density at radius 3 is 3.10 bits per heavy atom. The van der Waals surface area contributed by atoms with E-state index in [0.717, 1.165) is 29.5 Å². The molecule has 0 radical (unpaired) electrons. The number of carbonyl (C=O) groups is 1. The number of fused-ring (bicyclic) bond motifs is 1. The molecule has 2 atom stereocenters. The van der Waals surface area contributed by atoms with Gasteiger partial charge < -0.3 is 16.2 Å². The van der Waals surface area contributed by atoms with E-state index in [-0.39, 0.29) is 18.1 Å². The molecule has 1 fully saturated rings. The molecule has 1 aliphatic carbocycles. The number of hydrogen-bond acceptors (Lipinski definition) is 5. The van der Waals surface area contributed by atoms with E-state index in [9.17, 15) is 9.90 Å². The standard InChI is InChI=1S/C14H17N3O2S/c15-14-17-11-5-4-8(6-12(11)20-14)13(19)16-9-2-1-3-10(18)7-9/h4-6,9-10,18H,1-3,7H2,(H2,15,17)(H,16,19). The van der Waals surface area contributed by atoms with Gasteiger partial charge in [0, 0.05) is 11.6 Å². The molecule has 5 nitrogen and oxygen atoms in total. The lowest BCUT2D eigenvalue weighted by Gasteiger charge is -2.26. The number of hydrogen-bond donors (Lipinski definition) is 3. The van der Waals surface area contributed by atoms with Crippen LogP contribution in [0, 0.1) is 0 Å². The molecule has 4 N–H and O–H groups in total. The fraction of sp³-hybridized carbons (Fsp3) is 0.429. The molecule has 1 aliphatic rings. The summed E-state index contributed by atoms with van der Waals surface area (Å²) < 4.78 is 0.916. The number of benzene rings is 1. The number of thiazole rings is 1. The van der Waals surface area contributed by atoms with Gasteiger partial charge in [0.25, 0.3) is 5.91 Å². The largest absolute Gasteiger partial charge is 0.393 e. The number of aliphatic hydroxyl groups is 1. The first kappa shape index (κ1) is 13.3. The van der Waals surface area contributed by atoms with Crippen LogP contribution in [0.2, 0.25) is 0 Å². The number of aromatic nitrogens is 1. The molecule has 1 heterocycles. The number of carbonyl (C=O) groups excluding carboxylic acids is 1.